The van der Waals surface area contributed by atoms with Crippen molar-refractivity contribution in [2.75, 3.05) is 0 Å². The molecule has 0 radical (unpaired) electrons. The number of Topliss-reactive ketones (excluding diaryl/α,β-unsaturated/α-hetero) is 1. The zero-order chi connectivity index (χ0) is 13.7. The number of carbonyl (C=O) groups excluding carboxylic acids is 1. The SMILES string of the molecule is O=C1C2=Cc3ccccc3OC2(O)Oc2ccccc21. The Hall–Kier alpha value is -2.59. The van der Waals surface area contributed by atoms with Crippen LogP contribution in [0.3, 0.4) is 0 Å². The maximum atomic E-state index is 12.5. The van der Waals surface area contributed by atoms with Crippen LogP contribution in [0.1, 0.15) is 15.9 Å². The van der Waals surface area contributed by atoms with Crippen molar-refractivity contribution in [3.8, 4) is 11.5 Å². The maximum absolute atomic E-state index is 12.5. The molecule has 4 rings (SSSR count). The number of aliphatic hydroxyl groups is 1. The minimum absolute atomic E-state index is 0.0925. The fourth-order valence-corrected chi connectivity index (χ4v) is 2.47. The van der Waals surface area contributed by atoms with E-state index < -0.39 is 5.97 Å². The number of ether oxygens (including phenoxy) is 2. The first-order valence-corrected chi connectivity index (χ1v) is 6.23. The normalized spacial score (nSPS) is 22.6. The van der Waals surface area contributed by atoms with E-state index in [1.807, 2.05) is 12.1 Å². The molecule has 4 nitrogen and oxygen atoms in total. The number of para-hydroxylation sites is 2. The minimum atomic E-state index is -2.06. The summed E-state index contributed by atoms with van der Waals surface area (Å²) in [5, 5.41) is 10.5. The third-order valence-electron chi connectivity index (χ3n) is 3.43. The van der Waals surface area contributed by atoms with E-state index in [1.54, 1.807) is 42.5 Å². The van der Waals surface area contributed by atoms with E-state index >= 15 is 0 Å². The Balaban J connectivity index is 1.94. The highest BCUT2D eigenvalue weighted by atomic mass is 16.8. The average molecular weight is 266 g/mol. The van der Waals surface area contributed by atoms with Crippen LogP contribution in [-0.2, 0) is 0 Å². The molecule has 4 heteroatoms. The molecular weight excluding hydrogens is 256 g/mol. The van der Waals surface area contributed by atoms with Crippen LogP contribution in [0.15, 0.2) is 54.1 Å². The van der Waals surface area contributed by atoms with Gasteiger partial charge in [0.25, 0.3) is 0 Å². The van der Waals surface area contributed by atoms with Crippen LogP contribution in [0.25, 0.3) is 6.08 Å². The van der Waals surface area contributed by atoms with Crippen molar-refractivity contribution in [2.45, 2.75) is 5.97 Å². The van der Waals surface area contributed by atoms with Gasteiger partial charge in [0.1, 0.15) is 17.1 Å². The number of fused-ring (bicyclic) bond motifs is 3. The van der Waals surface area contributed by atoms with Gasteiger partial charge in [0.05, 0.1) is 5.56 Å². The van der Waals surface area contributed by atoms with E-state index in [0.29, 0.717) is 17.1 Å². The van der Waals surface area contributed by atoms with Crippen molar-refractivity contribution in [1.29, 1.82) is 0 Å². The van der Waals surface area contributed by atoms with Gasteiger partial charge in [-0.3, -0.25) is 4.79 Å². The predicted octanol–water partition coefficient (Wildman–Crippen LogP) is 2.38. The van der Waals surface area contributed by atoms with Gasteiger partial charge in [0.15, 0.2) is 0 Å². The molecule has 98 valence electrons. The summed E-state index contributed by atoms with van der Waals surface area (Å²) in [4.78, 5) is 12.5. The van der Waals surface area contributed by atoms with Crippen molar-refractivity contribution in [1.82, 2.24) is 0 Å². The topological polar surface area (TPSA) is 55.8 Å². The third kappa shape index (κ3) is 1.42. The molecule has 1 unspecified atom stereocenters. The van der Waals surface area contributed by atoms with E-state index in [4.69, 9.17) is 9.47 Å². The molecule has 1 N–H and O–H groups in total. The van der Waals surface area contributed by atoms with Crippen LogP contribution in [0, 0.1) is 0 Å². The molecule has 0 bridgehead atoms. The highest BCUT2D eigenvalue weighted by Gasteiger charge is 2.49. The van der Waals surface area contributed by atoms with Gasteiger partial charge in [0.2, 0.25) is 5.78 Å². The van der Waals surface area contributed by atoms with Crippen LogP contribution in [-0.4, -0.2) is 16.9 Å². The van der Waals surface area contributed by atoms with Gasteiger partial charge in [-0.2, -0.15) is 0 Å². The second-order valence-electron chi connectivity index (χ2n) is 4.71. The second kappa shape index (κ2) is 3.71. The van der Waals surface area contributed by atoms with E-state index in [1.165, 1.54) is 0 Å². The Kier molecular flexibility index (Phi) is 2.09. The zero-order valence-corrected chi connectivity index (χ0v) is 10.4. The lowest BCUT2D eigenvalue weighted by Gasteiger charge is -2.37. The fourth-order valence-electron chi connectivity index (χ4n) is 2.47. The van der Waals surface area contributed by atoms with Gasteiger partial charge in [-0.1, -0.05) is 30.3 Å². The lowest BCUT2D eigenvalue weighted by atomic mass is 9.94. The number of hydrogen-bond acceptors (Lipinski definition) is 4. The number of hydrogen-bond donors (Lipinski definition) is 1. The van der Waals surface area contributed by atoms with Crippen LogP contribution in [0.5, 0.6) is 11.5 Å². The molecule has 0 aromatic heterocycles. The Morgan fingerprint density at radius 2 is 1.55 bits per heavy atom. The van der Waals surface area contributed by atoms with Gasteiger partial charge >= 0.3 is 5.97 Å². The summed E-state index contributed by atoms with van der Waals surface area (Å²) in [5.74, 6) is -1.55. The van der Waals surface area contributed by atoms with Crippen LogP contribution < -0.4 is 9.47 Å². The highest BCUT2D eigenvalue weighted by molar-refractivity contribution is 6.15. The molecule has 0 saturated heterocycles. The minimum Gasteiger partial charge on any atom is -0.426 e. The summed E-state index contributed by atoms with van der Waals surface area (Å²) >= 11 is 0. The van der Waals surface area contributed by atoms with Gasteiger partial charge < -0.3 is 14.6 Å². The molecule has 2 aliphatic rings. The molecule has 0 amide bonds. The summed E-state index contributed by atoms with van der Waals surface area (Å²) in [6, 6.07) is 13.9. The van der Waals surface area contributed by atoms with Gasteiger partial charge in [0, 0.05) is 5.56 Å². The average Bonchev–Trinajstić information content (AvgIpc) is 2.45. The van der Waals surface area contributed by atoms with E-state index in [9.17, 15) is 9.90 Å². The predicted molar refractivity (Wildman–Crippen MR) is 71.4 cm³/mol. The van der Waals surface area contributed by atoms with Crippen molar-refractivity contribution >= 4 is 11.9 Å². The molecule has 1 atom stereocenters. The first-order chi connectivity index (χ1) is 9.67. The molecule has 2 heterocycles. The number of ketones is 1. The lowest BCUT2D eigenvalue weighted by molar-refractivity contribution is -0.243. The molecule has 0 aliphatic carbocycles. The van der Waals surface area contributed by atoms with Crippen molar-refractivity contribution in [2.24, 2.45) is 0 Å². The monoisotopic (exact) mass is 266 g/mol. The Bertz CT molecular complexity index is 763. The number of rotatable bonds is 0. The van der Waals surface area contributed by atoms with Crippen LogP contribution in [0.4, 0.5) is 0 Å². The van der Waals surface area contributed by atoms with Gasteiger partial charge in [-0.05, 0) is 24.3 Å². The molecule has 2 aliphatic heterocycles. The Morgan fingerprint density at radius 1 is 0.900 bits per heavy atom. The first-order valence-electron chi connectivity index (χ1n) is 6.23. The summed E-state index contributed by atoms with van der Waals surface area (Å²) < 4.78 is 11.0. The maximum Gasteiger partial charge on any atom is 0.403 e. The van der Waals surface area contributed by atoms with E-state index in [-0.39, 0.29) is 11.4 Å². The summed E-state index contributed by atoms with van der Waals surface area (Å²) in [6.45, 7) is 0. The molecule has 0 spiro atoms. The fraction of sp³-hybridized carbons (Fsp3) is 0.0625. The largest absolute Gasteiger partial charge is 0.426 e. The van der Waals surface area contributed by atoms with Crippen molar-refractivity contribution < 1.29 is 19.4 Å². The van der Waals surface area contributed by atoms with Crippen LogP contribution >= 0.6 is 0 Å². The molecule has 2 aromatic rings. The quantitative estimate of drug-likeness (QED) is 0.795. The molecule has 20 heavy (non-hydrogen) atoms. The lowest BCUT2D eigenvalue weighted by Crippen LogP contribution is -2.50. The molecular formula is C16H10O4. The smallest absolute Gasteiger partial charge is 0.403 e. The standard InChI is InChI=1S/C16H10O4/c17-15-11-6-2-4-8-14(11)20-16(18)12(15)9-10-5-1-3-7-13(10)19-16/h1-9,18H. The molecule has 0 fully saturated rings. The number of benzene rings is 2. The van der Waals surface area contributed by atoms with Gasteiger partial charge in [-0.15, -0.1) is 0 Å². The Labute approximate surface area is 114 Å². The number of carbonyl (C=O) groups is 1. The molecule has 2 aromatic carbocycles. The summed E-state index contributed by atoms with van der Waals surface area (Å²) in [5.41, 5.74) is 1.25. The van der Waals surface area contributed by atoms with Gasteiger partial charge in [-0.25, -0.2) is 0 Å². The molecule has 0 saturated carbocycles. The first kappa shape index (κ1) is 11.3. The third-order valence-corrected chi connectivity index (χ3v) is 3.43. The zero-order valence-electron chi connectivity index (χ0n) is 10.4. The summed E-state index contributed by atoms with van der Waals surface area (Å²) in [6.07, 6.45) is 1.61. The summed E-state index contributed by atoms with van der Waals surface area (Å²) in [7, 11) is 0. The van der Waals surface area contributed by atoms with Crippen molar-refractivity contribution in [3.05, 3.63) is 65.2 Å². The van der Waals surface area contributed by atoms with Crippen molar-refractivity contribution in [3.63, 3.8) is 0 Å². The van der Waals surface area contributed by atoms with E-state index in [2.05, 4.69) is 0 Å². The Morgan fingerprint density at radius 3 is 2.40 bits per heavy atom. The van der Waals surface area contributed by atoms with Crippen LogP contribution in [0.2, 0.25) is 0 Å². The second-order valence-corrected chi connectivity index (χ2v) is 4.71. The van der Waals surface area contributed by atoms with E-state index in [0.717, 1.165) is 5.56 Å². The highest BCUT2D eigenvalue weighted by Crippen LogP contribution is 2.41.